The van der Waals surface area contributed by atoms with Gasteiger partial charge in [-0.3, -0.25) is 0 Å². The Morgan fingerprint density at radius 3 is 2.44 bits per heavy atom. The number of anilines is 1. The molecule has 0 aliphatic rings. The van der Waals surface area contributed by atoms with Crippen LogP contribution in [0.5, 0.6) is 0 Å². The Hall–Kier alpha value is -1.98. The van der Waals surface area contributed by atoms with Crippen LogP contribution in [0.4, 0.5) is 14.5 Å². The molecule has 1 heterocycles. The molecule has 0 atom stereocenters. The molecule has 0 radical (unpaired) electrons. The summed E-state index contributed by atoms with van der Waals surface area (Å²) in [6.07, 6.45) is 0. The molecule has 84 valence electrons. The summed E-state index contributed by atoms with van der Waals surface area (Å²) < 4.78 is 27.4. The molecular formula is C10H10F2N4. The van der Waals surface area contributed by atoms with Gasteiger partial charge >= 0.3 is 0 Å². The number of aromatic nitrogens is 3. The Kier molecular flexibility index (Phi) is 2.34. The van der Waals surface area contributed by atoms with Crippen molar-refractivity contribution in [2.75, 3.05) is 5.73 Å². The summed E-state index contributed by atoms with van der Waals surface area (Å²) in [5, 5.41) is 4.01. The van der Waals surface area contributed by atoms with E-state index in [0.29, 0.717) is 17.2 Å². The Morgan fingerprint density at radius 2 is 1.88 bits per heavy atom. The molecule has 0 fully saturated rings. The van der Waals surface area contributed by atoms with Crippen LogP contribution in [0, 0.1) is 18.6 Å². The lowest BCUT2D eigenvalue weighted by Crippen LogP contribution is -2.00. The zero-order valence-electron chi connectivity index (χ0n) is 8.83. The zero-order chi connectivity index (χ0) is 11.9. The van der Waals surface area contributed by atoms with Gasteiger partial charge in [0, 0.05) is 24.4 Å². The molecule has 0 aliphatic carbocycles. The largest absolute Gasteiger partial charge is 0.398 e. The number of nitrogens with zero attached hydrogens (tertiary/aromatic N) is 3. The molecule has 2 aromatic rings. The predicted octanol–water partition coefficient (Wildman–Crippen LogP) is 1.65. The molecule has 2 N–H and O–H groups in total. The van der Waals surface area contributed by atoms with E-state index in [1.807, 2.05) is 0 Å². The highest BCUT2D eigenvalue weighted by Gasteiger charge is 2.14. The summed E-state index contributed by atoms with van der Waals surface area (Å²) in [5.41, 5.74) is 6.08. The molecular weight excluding hydrogens is 214 g/mol. The second-order valence-electron chi connectivity index (χ2n) is 3.46. The molecule has 6 heteroatoms. The average molecular weight is 224 g/mol. The number of rotatable bonds is 1. The number of hydrogen-bond donors (Lipinski definition) is 1. The molecule has 4 nitrogen and oxygen atoms in total. The normalized spacial score (nSPS) is 10.8. The molecule has 0 saturated carbocycles. The zero-order valence-corrected chi connectivity index (χ0v) is 8.83. The first-order valence-corrected chi connectivity index (χ1v) is 4.61. The highest BCUT2D eigenvalue weighted by Crippen LogP contribution is 2.26. The van der Waals surface area contributed by atoms with Crippen LogP contribution in [0.25, 0.3) is 11.4 Å². The van der Waals surface area contributed by atoms with E-state index < -0.39 is 11.6 Å². The SMILES string of the molecule is Cc1nc(-c2cc(F)c(F)cc2N)n(C)n1. The lowest BCUT2D eigenvalue weighted by Gasteiger charge is -2.05. The fourth-order valence-electron chi connectivity index (χ4n) is 1.50. The van der Waals surface area contributed by atoms with Crippen molar-refractivity contribution in [3.63, 3.8) is 0 Å². The number of nitrogen functional groups attached to an aromatic ring is 1. The van der Waals surface area contributed by atoms with E-state index in [4.69, 9.17) is 5.73 Å². The van der Waals surface area contributed by atoms with E-state index in [1.54, 1.807) is 14.0 Å². The Balaban J connectivity index is 2.64. The Morgan fingerprint density at radius 1 is 1.25 bits per heavy atom. The Labute approximate surface area is 90.7 Å². The van der Waals surface area contributed by atoms with Crippen LogP contribution in [0.1, 0.15) is 5.82 Å². The van der Waals surface area contributed by atoms with Gasteiger partial charge in [-0.15, -0.1) is 0 Å². The molecule has 0 spiro atoms. The highest BCUT2D eigenvalue weighted by atomic mass is 19.2. The van der Waals surface area contributed by atoms with Gasteiger partial charge in [-0.25, -0.2) is 18.4 Å². The van der Waals surface area contributed by atoms with Crippen LogP contribution in [0.15, 0.2) is 12.1 Å². The molecule has 0 saturated heterocycles. The van der Waals surface area contributed by atoms with Crippen LogP contribution in [0.2, 0.25) is 0 Å². The van der Waals surface area contributed by atoms with Crippen molar-refractivity contribution in [3.05, 3.63) is 29.6 Å². The Bertz CT molecular complexity index is 548. The van der Waals surface area contributed by atoms with E-state index in [2.05, 4.69) is 10.1 Å². The third-order valence-corrected chi connectivity index (χ3v) is 2.20. The van der Waals surface area contributed by atoms with E-state index >= 15 is 0 Å². The first-order valence-electron chi connectivity index (χ1n) is 4.61. The minimum absolute atomic E-state index is 0.134. The summed E-state index contributed by atoms with van der Waals surface area (Å²) in [5.74, 6) is -0.972. The van der Waals surface area contributed by atoms with Gasteiger partial charge in [0.1, 0.15) is 5.82 Å². The lowest BCUT2D eigenvalue weighted by atomic mass is 10.1. The minimum Gasteiger partial charge on any atom is -0.398 e. The summed E-state index contributed by atoms with van der Waals surface area (Å²) in [7, 11) is 1.66. The fraction of sp³-hybridized carbons (Fsp3) is 0.200. The van der Waals surface area contributed by atoms with Crippen molar-refractivity contribution in [3.8, 4) is 11.4 Å². The van der Waals surface area contributed by atoms with Gasteiger partial charge in [-0.05, 0) is 13.0 Å². The predicted molar refractivity (Wildman–Crippen MR) is 55.5 cm³/mol. The second kappa shape index (κ2) is 3.55. The van der Waals surface area contributed by atoms with Crippen molar-refractivity contribution >= 4 is 5.69 Å². The summed E-state index contributed by atoms with van der Waals surface area (Å²) in [6.45, 7) is 1.71. The van der Waals surface area contributed by atoms with Crippen LogP contribution in [0.3, 0.4) is 0 Å². The molecule has 0 amide bonds. The van der Waals surface area contributed by atoms with Gasteiger partial charge < -0.3 is 5.73 Å². The molecule has 16 heavy (non-hydrogen) atoms. The monoisotopic (exact) mass is 224 g/mol. The van der Waals surface area contributed by atoms with E-state index in [9.17, 15) is 8.78 Å². The van der Waals surface area contributed by atoms with Crippen molar-refractivity contribution in [2.24, 2.45) is 7.05 Å². The van der Waals surface area contributed by atoms with Gasteiger partial charge in [0.25, 0.3) is 0 Å². The van der Waals surface area contributed by atoms with Gasteiger partial charge in [-0.2, -0.15) is 5.10 Å². The summed E-state index contributed by atoms with van der Waals surface area (Å²) >= 11 is 0. The second-order valence-corrected chi connectivity index (χ2v) is 3.46. The maximum atomic E-state index is 13.1. The average Bonchev–Trinajstić information content (AvgIpc) is 2.51. The molecule has 1 aromatic heterocycles. The minimum atomic E-state index is -0.972. The van der Waals surface area contributed by atoms with Crippen LogP contribution in [-0.4, -0.2) is 14.8 Å². The first-order chi connectivity index (χ1) is 7.49. The number of hydrogen-bond acceptors (Lipinski definition) is 3. The van der Waals surface area contributed by atoms with E-state index in [1.165, 1.54) is 4.68 Å². The van der Waals surface area contributed by atoms with Crippen molar-refractivity contribution in [2.45, 2.75) is 6.92 Å². The first kappa shape index (κ1) is 10.5. The molecule has 1 aromatic carbocycles. The van der Waals surface area contributed by atoms with Crippen molar-refractivity contribution in [1.82, 2.24) is 14.8 Å². The van der Waals surface area contributed by atoms with Gasteiger partial charge in [0.15, 0.2) is 17.5 Å². The van der Waals surface area contributed by atoms with Crippen LogP contribution < -0.4 is 5.73 Å². The van der Waals surface area contributed by atoms with Gasteiger partial charge in [-0.1, -0.05) is 0 Å². The molecule has 0 unspecified atom stereocenters. The van der Waals surface area contributed by atoms with Crippen LogP contribution in [-0.2, 0) is 7.05 Å². The van der Waals surface area contributed by atoms with Crippen LogP contribution >= 0.6 is 0 Å². The summed E-state index contributed by atoms with van der Waals surface area (Å²) in [6, 6.07) is 1.96. The maximum Gasteiger partial charge on any atom is 0.160 e. The third kappa shape index (κ3) is 1.62. The molecule has 0 bridgehead atoms. The van der Waals surface area contributed by atoms with Gasteiger partial charge in [0.2, 0.25) is 0 Å². The topological polar surface area (TPSA) is 56.7 Å². The fourth-order valence-corrected chi connectivity index (χ4v) is 1.50. The molecule has 2 rings (SSSR count). The highest BCUT2D eigenvalue weighted by molar-refractivity contribution is 5.71. The van der Waals surface area contributed by atoms with Gasteiger partial charge in [0.05, 0.1) is 0 Å². The standard InChI is InChI=1S/C10H10F2N4/c1-5-14-10(16(2)15-5)6-3-7(11)8(12)4-9(6)13/h3-4H,13H2,1-2H3. The smallest absolute Gasteiger partial charge is 0.160 e. The summed E-state index contributed by atoms with van der Waals surface area (Å²) in [4.78, 5) is 4.09. The number of halogens is 2. The maximum absolute atomic E-state index is 13.1. The lowest BCUT2D eigenvalue weighted by molar-refractivity contribution is 0.509. The number of nitrogens with two attached hydrogens (primary N) is 1. The molecule has 0 aliphatic heterocycles. The van der Waals surface area contributed by atoms with E-state index in [-0.39, 0.29) is 5.69 Å². The van der Waals surface area contributed by atoms with Crippen molar-refractivity contribution in [1.29, 1.82) is 0 Å². The third-order valence-electron chi connectivity index (χ3n) is 2.20. The van der Waals surface area contributed by atoms with E-state index in [0.717, 1.165) is 12.1 Å². The quantitative estimate of drug-likeness (QED) is 0.749. The van der Waals surface area contributed by atoms with Crippen molar-refractivity contribution < 1.29 is 8.78 Å². The number of aryl methyl sites for hydroxylation is 2. The number of benzene rings is 1.